The van der Waals surface area contributed by atoms with Crippen molar-refractivity contribution >= 4 is 5.91 Å². The van der Waals surface area contributed by atoms with Crippen LogP contribution in [0.2, 0.25) is 0 Å². The van der Waals surface area contributed by atoms with Crippen LogP contribution in [0.15, 0.2) is 42.5 Å². The Morgan fingerprint density at radius 2 is 1.81 bits per heavy atom. The van der Waals surface area contributed by atoms with E-state index >= 15 is 0 Å². The first-order valence-corrected chi connectivity index (χ1v) is 8.93. The first kappa shape index (κ1) is 18.1. The molecule has 1 aliphatic rings. The number of methoxy groups -OCH3 is 2. The van der Waals surface area contributed by atoms with E-state index in [-0.39, 0.29) is 11.9 Å². The van der Waals surface area contributed by atoms with E-state index in [1.54, 1.807) is 14.2 Å². The summed E-state index contributed by atoms with van der Waals surface area (Å²) in [6.45, 7) is 3.31. The molecule has 5 nitrogen and oxygen atoms in total. The SMILES string of the molecule is CCOc1ccc(C(=O)N2CCCC2c2ccc(OC)c(OC)c2)cc1. The second-order valence-corrected chi connectivity index (χ2v) is 6.23. The van der Waals surface area contributed by atoms with Crippen LogP contribution in [-0.2, 0) is 0 Å². The zero-order chi connectivity index (χ0) is 18.5. The van der Waals surface area contributed by atoms with Gasteiger partial charge in [0.05, 0.1) is 26.9 Å². The number of amides is 1. The molecule has 1 aliphatic heterocycles. The first-order chi connectivity index (χ1) is 12.7. The van der Waals surface area contributed by atoms with Gasteiger partial charge in [0.15, 0.2) is 11.5 Å². The summed E-state index contributed by atoms with van der Waals surface area (Å²) in [5.74, 6) is 2.20. The van der Waals surface area contributed by atoms with Gasteiger partial charge in [0, 0.05) is 12.1 Å². The van der Waals surface area contributed by atoms with E-state index in [4.69, 9.17) is 14.2 Å². The van der Waals surface area contributed by atoms with Gasteiger partial charge in [-0.25, -0.2) is 0 Å². The zero-order valence-electron chi connectivity index (χ0n) is 15.5. The molecular formula is C21H25NO4. The lowest BCUT2D eigenvalue weighted by atomic mass is 10.0. The van der Waals surface area contributed by atoms with E-state index in [9.17, 15) is 4.79 Å². The number of ether oxygens (including phenoxy) is 3. The van der Waals surface area contributed by atoms with Crippen LogP contribution in [0.1, 0.15) is 41.7 Å². The molecular weight excluding hydrogens is 330 g/mol. The molecule has 1 atom stereocenters. The smallest absolute Gasteiger partial charge is 0.254 e. The summed E-state index contributed by atoms with van der Waals surface area (Å²) < 4.78 is 16.2. The number of likely N-dealkylation sites (tertiary alicyclic amines) is 1. The van der Waals surface area contributed by atoms with E-state index in [0.29, 0.717) is 23.7 Å². The second-order valence-electron chi connectivity index (χ2n) is 6.23. The molecule has 2 aromatic carbocycles. The van der Waals surface area contributed by atoms with Gasteiger partial charge in [-0.1, -0.05) is 6.07 Å². The highest BCUT2D eigenvalue weighted by atomic mass is 16.5. The standard InChI is InChI=1S/C21H25NO4/c1-4-26-17-10-7-15(8-11-17)21(23)22-13-5-6-18(22)16-9-12-19(24-2)20(14-16)25-3/h7-12,14,18H,4-6,13H2,1-3H3. The maximum atomic E-state index is 13.0. The van der Waals surface area contributed by atoms with Crippen LogP contribution in [0.25, 0.3) is 0 Å². The molecule has 0 radical (unpaired) electrons. The van der Waals surface area contributed by atoms with Gasteiger partial charge in [-0.2, -0.15) is 0 Å². The van der Waals surface area contributed by atoms with Gasteiger partial charge in [-0.3, -0.25) is 4.79 Å². The number of hydrogen-bond acceptors (Lipinski definition) is 4. The van der Waals surface area contributed by atoms with Gasteiger partial charge >= 0.3 is 0 Å². The van der Waals surface area contributed by atoms with Gasteiger partial charge in [-0.15, -0.1) is 0 Å². The lowest BCUT2D eigenvalue weighted by molar-refractivity contribution is 0.0735. The van der Waals surface area contributed by atoms with E-state index in [0.717, 1.165) is 30.7 Å². The second kappa shape index (κ2) is 8.13. The van der Waals surface area contributed by atoms with Gasteiger partial charge in [0.1, 0.15) is 5.75 Å². The van der Waals surface area contributed by atoms with Crippen LogP contribution in [0.4, 0.5) is 0 Å². The van der Waals surface area contributed by atoms with E-state index in [1.807, 2.05) is 54.3 Å². The fourth-order valence-corrected chi connectivity index (χ4v) is 3.44. The molecule has 0 spiro atoms. The topological polar surface area (TPSA) is 48.0 Å². The van der Waals surface area contributed by atoms with Crippen LogP contribution in [0.3, 0.4) is 0 Å². The summed E-state index contributed by atoms with van der Waals surface area (Å²) in [7, 11) is 3.24. The number of hydrogen-bond donors (Lipinski definition) is 0. The van der Waals surface area contributed by atoms with Crippen LogP contribution in [-0.4, -0.2) is 38.2 Å². The molecule has 3 rings (SSSR count). The average Bonchev–Trinajstić information content (AvgIpc) is 3.17. The van der Waals surface area contributed by atoms with Gasteiger partial charge in [0.25, 0.3) is 5.91 Å². The Hall–Kier alpha value is -2.69. The largest absolute Gasteiger partial charge is 0.494 e. The Kier molecular flexibility index (Phi) is 5.66. The van der Waals surface area contributed by atoms with Crippen molar-refractivity contribution in [2.75, 3.05) is 27.4 Å². The van der Waals surface area contributed by atoms with Crippen molar-refractivity contribution in [2.45, 2.75) is 25.8 Å². The van der Waals surface area contributed by atoms with Crippen LogP contribution >= 0.6 is 0 Å². The highest BCUT2D eigenvalue weighted by molar-refractivity contribution is 5.94. The minimum atomic E-state index is 0.0466. The van der Waals surface area contributed by atoms with Crippen molar-refractivity contribution in [1.29, 1.82) is 0 Å². The molecule has 138 valence electrons. The fraction of sp³-hybridized carbons (Fsp3) is 0.381. The maximum absolute atomic E-state index is 13.0. The molecule has 0 aliphatic carbocycles. The summed E-state index contributed by atoms with van der Waals surface area (Å²) in [5.41, 5.74) is 1.75. The predicted octanol–water partition coefficient (Wildman–Crippen LogP) is 4.08. The molecule has 2 aromatic rings. The van der Waals surface area contributed by atoms with Crippen molar-refractivity contribution in [3.63, 3.8) is 0 Å². The summed E-state index contributed by atoms with van der Waals surface area (Å²) in [5, 5.41) is 0. The highest BCUT2D eigenvalue weighted by Crippen LogP contribution is 2.37. The van der Waals surface area contributed by atoms with Crippen molar-refractivity contribution in [3.05, 3.63) is 53.6 Å². The molecule has 26 heavy (non-hydrogen) atoms. The van der Waals surface area contributed by atoms with Gasteiger partial charge in [0.2, 0.25) is 0 Å². The molecule has 1 unspecified atom stereocenters. The molecule has 1 heterocycles. The third kappa shape index (κ3) is 3.62. The third-order valence-corrected chi connectivity index (χ3v) is 4.72. The lowest BCUT2D eigenvalue weighted by Gasteiger charge is -2.26. The minimum Gasteiger partial charge on any atom is -0.494 e. The summed E-state index contributed by atoms with van der Waals surface area (Å²) >= 11 is 0. The Morgan fingerprint density at radius 1 is 1.08 bits per heavy atom. The van der Waals surface area contributed by atoms with Crippen LogP contribution < -0.4 is 14.2 Å². The number of carbonyl (C=O) groups excluding carboxylic acids is 1. The van der Waals surface area contributed by atoms with E-state index in [2.05, 4.69) is 0 Å². The lowest BCUT2D eigenvalue weighted by Crippen LogP contribution is -2.30. The number of rotatable bonds is 6. The van der Waals surface area contributed by atoms with Gasteiger partial charge < -0.3 is 19.1 Å². The van der Waals surface area contributed by atoms with Gasteiger partial charge in [-0.05, 0) is 61.7 Å². The summed E-state index contributed by atoms with van der Waals surface area (Å²) in [4.78, 5) is 14.9. The maximum Gasteiger partial charge on any atom is 0.254 e. The Morgan fingerprint density at radius 3 is 2.46 bits per heavy atom. The highest BCUT2D eigenvalue weighted by Gasteiger charge is 2.31. The zero-order valence-corrected chi connectivity index (χ0v) is 15.5. The van der Waals surface area contributed by atoms with Crippen molar-refractivity contribution in [3.8, 4) is 17.2 Å². The van der Waals surface area contributed by atoms with Crippen LogP contribution in [0, 0.1) is 0 Å². The monoisotopic (exact) mass is 355 g/mol. The number of carbonyl (C=O) groups is 1. The van der Waals surface area contributed by atoms with Crippen molar-refractivity contribution in [2.24, 2.45) is 0 Å². The molecule has 0 N–H and O–H groups in total. The Labute approximate surface area is 154 Å². The van der Waals surface area contributed by atoms with Crippen molar-refractivity contribution in [1.82, 2.24) is 4.90 Å². The predicted molar refractivity (Wildman–Crippen MR) is 100 cm³/mol. The molecule has 0 aromatic heterocycles. The van der Waals surface area contributed by atoms with Crippen LogP contribution in [0.5, 0.6) is 17.2 Å². The molecule has 1 fully saturated rings. The number of nitrogens with zero attached hydrogens (tertiary/aromatic N) is 1. The summed E-state index contributed by atoms with van der Waals surface area (Å²) in [6, 6.07) is 13.3. The number of benzene rings is 2. The molecule has 5 heteroatoms. The first-order valence-electron chi connectivity index (χ1n) is 8.93. The minimum absolute atomic E-state index is 0.0466. The molecule has 1 saturated heterocycles. The molecule has 1 amide bonds. The Balaban J connectivity index is 1.82. The summed E-state index contributed by atoms with van der Waals surface area (Å²) in [6.07, 6.45) is 1.93. The Bertz CT molecular complexity index is 757. The fourth-order valence-electron chi connectivity index (χ4n) is 3.44. The average molecular weight is 355 g/mol. The van der Waals surface area contributed by atoms with E-state index < -0.39 is 0 Å². The van der Waals surface area contributed by atoms with Crippen molar-refractivity contribution < 1.29 is 19.0 Å². The molecule has 0 bridgehead atoms. The third-order valence-electron chi connectivity index (χ3n) is 4.72. The quantitative estimate of drug-likeness (QED) is 0.783. The molecule has 0 saturated carbocycles. The normalized spacial score (nSPS) is 16.4. The van der Waals surface area contributed by atoms with E-state index in [1.165, 1.54) is 0 Å².